The first kappa shape index (κ1) is 21.8. The van der Waals surface area contributed by atoms with Gasteiger partial charge in [-0.3, -0.25) is 4.79 Å². The van der Waals surface area contributed by atoms with Gasteiger partial charge < -0.3 is 19.5 Å². The maximum Gasteiger partial charge on any atom is 0.341 e. The summed E-state index contributed by atoms with van der Waals surface area (Å²) >= 11 is 1.37. The zero-order valence-electron chi connectivity index (χ0n) is 17.0. The van der Waals surface area contributed by atoms with Crippen molar-refractivity contribution in [1.82, 2.24) is 0 Å². The molecule has 1 aromatic carbocycles. The van der Waals surface area contributed by atoms with Gasteiger partial charge in [0, 0.05) is 16.9 Å². The molecule has 0 aliphatic heterocycles. The van der Waals surface area contributed by atoms with Crippen LogP contribution in [0.2, 0.25) is 0 Å². The molecule has 0 radical (unpaired) electrons. The normalized spacial score (nSPS) is 10.5. The van der Waals surface area contributed by atoms with Crippen molar-refractivity contribution in [3.63, 3.8) is 0 Å². The van der Waals surface area contributed by atoms with Crippen LogP contribution in [0.15, 0.2) is 18.2 Å². The number of unbranched alkanes of at least 4 members (excludes halogenated alkanes) is 1. The number of hydrogen-bond donors (Lipinski definition) is 1. The molecular formula is C21H27NO5S. The van der Waals surface area contributed by atoms with Gasteiger partial charge in [-0.1, -0.05) is 19.4 Å². The molecule has 0 aliphatic carbocycles. The Hall–Kier alpha value is -2.54. The van der Waals surface area contributed by atoms with E-state index in [1.54, 1.807) is 27.2 Å². The maximum absolute atomic E-state index is 12.7. The molecule has 152 valence electrons. The van der Waals surface area contributed by atoms with E-state index in [1.165, 1.54) is 11.3 Å². The Morgan fingerprint density at radius 3 is 2.43 bits per heavy atom. The van der Waals surface area contributed by atoms with Crippen LogP contribution in [-0.4, -0.2) is 32.7 Å². The molecule has 1 N–H and O–H groups in total. The summed E-state index contributed by atoms with van der Waals surface area (Å²) < 4.78 is 16.0. The van der Waals surface area contributed by atoms with Crippen LogP contribution in [0, 0.1) is 6.92 Å². The average molecular weight is 406 g/mol. The molecule has 28 heavy (non-hydrogen) atoms. The minimum absolute atomic E-state index is 0.104. The molecular weight excluding hydrogens is 378 g/mol. The van der Waals surface area contributed by atoms with Crippen molar-refractivity contribution in [3.05, 3.63) is 28.6 Å². The van der Waals surface area contributed by atoms with Crippen LogP contribution >= 0.6 is 11.3 Å². The lowest BCUT2D eigenvalue weighted by molar-refractivity contribution is -0.116. The van der Waals surface area contributed by atoms with Crippen LogP contribution < -0.4 is 14.8 Å². The van der Waals surface area contributed by atoms with Crippen molar-refractivity contribution in [2.24, 2.45) is 0 Å². The molecule has 2 rings (SSSR count). The van der Waals surface area contributed by atoms with E-state index in [2.05, 4.69) is 5.32 Å². The van der Waals surface area contributed by atoms with E-state index in [4.69, 9.17) is 14.2 Å². The smallest absolute Gasteiger partial charge is 0.341 e. The molecule has 0 bridgehead atoms. The van der Waals surface area contributed by atoms with Gasteiger partial charge in [-0.15, -0.1) is 11.3 Å². The van der Waals surface area contributed by atoms with Crippen LogP contribution in [0.4, 0.5) is 5.00 Å². The molecule has 0 aliphatic rings. The van der Waals surface area contributed by atoms with Gasteiger partial charge in [-0.25, -0.2) is 4.79 Å². The number of ether oxygens (including phenoxy) is 3. The Morgan fingerprint density at radius 1 is 1.11 bits per heavy atom. The topological polar surface area (TPSA) is 73.9 Å². The zero-order chi connectivity index (χ0) is 20.7. The minimum atomic E-state index is -0.456. The summed E-state index contributed by atoms with van der Waals surface area (Å²) in [5.41, 5.74) is 1.90. The number of esters is 1. The molecule has 7 heteroatoms. The molecule has 0 atom stereocenters. The number of anilines is 1. The van der Waals surface area contributed by atoms with E-state index in [0.717, 1.165) is 28.8 Å². The highest BCUT2D eigenvalue weighted by Crippen LogP contribution is 2.42. The Bertz CT molecular complexity index is 844. The summed E-state index contributed by atoms with van der Waals surface area (Å²) in [6, 6.07) is 5.47. The van der Waals surface area contributed by atoms with E-state index in [-0.39, 0.29) is 12.5 Å². The van der Waals surface area contributed by atoms with Gasteiger partial charge in [0.15, 0.2) is 11.5 Å². The molecule has 6 nitrogen and oxygen atoms in total. The largest absolute Gasteiger partial charge is 0.493 e. The van der Waals surface area contributed by atoms with E-state index in [1.807, 2.05) is 26.0 Å². The second kappa shape index (κ2) is 10.1. The fourth-order valence-electron chi connectivity index (χ4n) is 2.90. The zero-order valence-corrected chi connectivity index (χ0v) is 17.8. The molecule has 0 saturated carbocycles. The fraction of sp³-hybridized carbons (Fsp3) is 0.429. The summed E-state index contributed by atoms with van der Waals surface area (Å²) in [5, 5.41) is 3.41. The highest BCUT2D eigenvalue weighted by Gasteiger charge is 2.26. The lowest BCUT2D eigenvalue weighted by Gasteiger charge is -2.12. The molecule has 0 spiro atoms. The van der Waals surface area contributed by atoms with Gasteiger partial charge in [0.25, 0.3) is 0 Å². The first-order chi connectivity index (χ1) is 13.5. The van der Waals surface area contributed by atoms with Gasteiger partial charge in [0.1, 0.15) is 10.6 Å². The number of aryl methyl sites for hydroxylation is 1. The minimum Gasteiger partial charge on any atom is -0.493 e. The van der Waals surface area contributed by atoms with Crippen LogP contribution in [0.25, 0.3) is 11.1 Å². The second-order valence-electron chi connectivity index (χ2n) is 6.18. The standard InChI is InChI=1S/C21H27NO5S/c1-6-8-9-17(23)22-20-19(21(24)27-7-2)18(13(3)28-20)14-10-11-15(25-4)16(12-14)26-5/h10-12H,6-9H2,1-5H3,(H,22,23). The number of amides is 1. The van der Waals surface area contributed by atoms with Crippen LogP contribution in [0.3, 0.4) is 0 Å². The van der Waals surface area contributed by atoms with Crippen molar-refractivity contribution < 1.29 is 23.8 Å². The number of methoxy groups -OCH3 is 2. The van der Waals surface area contributed by atoms with Crippen LogP contribution in [0.5, 0.6) is 11.5 Å². The van der Waals surface area contributed by atoms with Gasteiger partial charge >= 0.3 is 5.97 Å². The van der Waals surface area contributed by atoms with E-state index in [0.29, 0.717) is 28.5 Å². The lowest BCUT2D eigenvalue weighted by Crippen LogP contribution is -2.14. The van der Waals surface area contributed by atoms with E-state index >= 15 is 0 Å². The predicted octanol–water partition coefficient (Wildman–Crippen LogP) is 5.05. The Kier molecular flexibility index (Phi) is 7.87. The first-order valence-corrected chi connectivity index (χ1v) is 10.1. The molecule has 1 amide bonds. The van der Waals surface area contributed by atoms with E-state index < -0.39 is 5.97 Å². The molecule has 0 saturated heterocycles. The summed E-state index contributed by atoms with van der Waals surface area (Å²) in [6.07, 6.45) is 2.15. The molecule has 1 heterocycles. The van der Waals surface area contributed by atoms with Gasteiger partial charge in [-0.05, 0) is 38.0 Å². The fourth-order valence-corrected chi connectivity index (χ4v) is 3.98. The summed E-state index contributed by atoms with van der Waals surface area (Å²) in [5.74, 6) is 0.605. The van der Waals surface area contributed by atoms with Crippen molar-refractivity contribution in [1.29, 1.82) is 0 Å². The monoisotopic (exact) mass is 405 g/mol. The summed E-state index contributed by atoms with van der Waals surface area (Å²) in [7, 11) is 3.13. The number of nitrogens with one attached hydrogen (secondary N) is 1. The number of carbonyl (C=O) groups excluding carboxylic acids is 2. The highest BCUT2D eigenvalue weighted by molar-refractivity contribution is 7.17. The van der Waals surface area contributed by atoms with Gasteiger partial charge in [0.2, 0.25) is 5.91 Å². The third-order valence-corrected chi connectivity index (χ3v) is 5.27. The number of hydrogen-bond acceptors (Lipinski definition) is 6. The Labute approximate surface area is 169 Å². The first-order valence-electron chi connectivity index (χ1n) is 9.29. The third kappa shape index (κ3) is 4.84. The summed E-state index contributed by atoms with van der Waals surface area (Å²) in [6.45, 7) is 5.96. The third-order valence-electron chi connectivity index (χ3n) is 4.25. The maximum atomic E-state index is 12.7. The van der Waals surface area contributed by atoms with Gasteiger partial charge in [-0.2, -0.15) is 0 Å². The van der Waals surface area contributed by atoms with Crippen molar-refractivity contribution >= 4 is 28.2 Å². The summed E-state index contributed by atoms with van der Waals surface area (Å²) in [4.78, 5) is 25.9. The molecule has 0 unspecified atom stereocenters. The Balaban J connectivity index is 2.54. The number of benzene rings is 1. The van der Waals surface area contributed by atoms with Crippen molar-refractivity contribution in [3.8, 4) is 22.6 Å². The van der Waals surface area contributed by atoms with Crippen LogP contribution in [-0.2, 0) is 9.53 Å². The number of thiophene rings is 1. The average Bonchev–Trinajstić information content (AvgIpc) is 3.01. The second-order valence-corrected chi connectivity index (χ2v) is 7.40. The van der Waals surface area contributed by atoms with Crippen LogP contribution in [0.1, 0.15) is 48.3 Å². The highest BCUT2D eigenvalue weighted by atomic mass is 32.1. The number of rotatable bonds is 9. The Morgan fingerprint density at radius 2 is 1.82 bits per heavy atom. The van der Waals surface area contributed by atoms with Crippen molar-refractivity contribution in [2.75, 3.05) is 26.1 Å². The van der Waals surface area contributed by atoms with Gasteiger partial charge in [0.05, 0.1) is 20.8 Å². The predicted molar refractivity (Wildman–Crippen MR) is 112 cm³/mol. The van der Waals surface area contributed by atoms with E-state index in [9.17, 15) is 9.59 Å². The molecule has 0 fully saturated rings. The molecule has 2 aromatic rings. The lowest BCUT2D eigenvalue weighted by atomic mass is 10.0. The van der Waals surface area contributed by atoms with Crippen molar-refractivity contribution in [2.45, 2.75) is 40.0 Å². The molecule has 1 aromatic heterocycles. The SMILES string of the molecule is CCCCC(=O)Nc1sc(C)c(-c2ccc(OC)c(OC)c2)c1C(=O)OCC. The number of carbonyl (C=O) groups is 2. The quantitative estimate of drug-likeness (QED) is 0.591.